The van der Waals surface area contributed by atoms with Crippen LogP contribution < -0.4 is 10.9 Å². The van der Waals surface area contributed by atoms with Gasteiger partial charge in [-0.2, -0.15) is 0 Å². The van der Waals surface area contributed by atoms with Crippen LogP contribution in [-0.2, 0) is 0 Å². The van der Waals surface area contributed by atoms with Crippen molar-refractivity contribution in [1.82, 2.24) is 0 Å². The lowest BCUT2D eigenvalue weighted by Gasteiger charge is -2.02. The van der Waals surface area contributed by atoms with Crippen molar-refractivity contribution in [2.24, 2.45) is 0 Å². The van der Waals surface area contributed by atoms with Gasteiger partial charge in [-0.3, -0.25) is 0 Å². The Morgan fingerprint density at radius 3 is 1.47 bits per heavy atom. The zero-order valence-electron chi connectivity index (χ0n) is 8.08. The number of benzene rings is 2. The number of halogens is 2. The van der Waals surface area contributed by atoms with Crippen LogP contribution in [-0.4, -0.2) is 7.28 Å². The van der Waals surface area contributed by atoms with Gasteiger partial charge in [0.05, 0.1) is 0 Å². The minimum Gasteiger partial charge on any atom is -0.208 e. The van der Waals surface area contributed by atoms with Crippen molar-refractivity contribution in [3.63, 3.8) is 0 Å². The SMILES string of the molecule is Fc1ccccc1Bc1ccccc1F. The molecule has 0 aliphatic heterocycles. The molecule has 0 aliphatic rings. The molecule has 0 fully saturated rings. The monoisotopic (exact) mass is 202 g/mol. The predicted molar refractivity (Wildman–Crippen MR) is 59.2 cm³/mol. The van der Waals surface area contributed by atoms with Crippen molar-refractivity contribution in [1.29, 1.82) is 0 Å². The molecule has 0 heterocycles. The van der Waals surface area contributed by atoms with Gasteiger partial charge in [0.2, 0.25) is 0 Å². The Hall–Kier alpha value is -1.64. The molecule has 0 unspecified atom stereocenters. The van der Waals surface area contributed by atoms with E-state index in [0.29, 0.717) is 18.2 Å². The Labute approximate surface area is 87.8 Å². The van der Waals surface area contributed by atoms with Gasteiger partial charge in [0, 0.05) is 0 Å². The summed E-state index contributed by atoms with van der Waals surface area (Å²) in [5.74, 6) is -0.582. The fourth-order valence-corrected chi connectivity index (χ4v) is 1.49. The lowest BCUT2D eigenvalue weighted by atomic mass is 9.63. The molecular weight excluding hydrogens is 193 g/mol. The summed E-state index contributed by atoms with van der Waals surface area (Å²) in [6, 6.07) is 12.9. The minimum atomic E-state index is -0.291. The Morgan fingerprint density at radius 2 is 1.07 bits per heavy atom. The molecule has 15 heavy (non-hydrogen) atoms. The molecule has 0 aromatic heterocycles. The van der Waals surface area contributed by atoms with E-state index in [1.54, 1.807) is 36.4 Å². The van der Waals surface area contributed by atoms with E-state index >= 15 is 0 Å². The average Bonchev–Trinajstić information content (AvgIpc) is 2.24. The van der Waals surface area contributed by atoms with Crippen LogP contribution in [0.1, 0.15) is 0 Å². The molecule has 74 valence electrons. The minimum absolute atomic E-state index is 0.291. The van der Waals surface area contributed by atoms with Crippen molar-refractivity contribution in [3.8, 4) is 0 Å². The van der Waals surface area contributed by atoms with Crippen molar-refractivity contribution < 1.29 is 8.78 Å². The molecule has 2 aromatic carbocycles. The zero-order valence-corrected chi connectivity index (χ0v) is 8.08. The lowest BCUT2D eigenvalue weighted by Crippen LogP contribution is -2.31. The Balaban J connectivity index is 2.30. The average molecular weight is 202 g/mol. The van der Waals surface area contributed by atoms with Gasteiger partial charge in [-0.15, -0.1) is 0 Å². The normalized spacial score (nSPS) is 10.0. The maximum absolute atomic E-state index is 13.3. The van der Waals surface area contributed by atoms with Gasteiger partial charge in [0.15, 0.2) is 7.28 Å². The highest BCUT2D eigenvalue weighted by atomic mass is 19.1. The second-order valence-corrected chi connectivity index (χ2v) is 3.36. The second-order valence-electron chi connectivity index (χ2n) is 3.36. The van der Waals surface area contributed by atoms with Crippen molar-refractivity contribution in [2.45, 2.75) is 0 Å². The highest BCUT2D eigenvalue weighted by Gasteiger charge is 2.07. The van der Waals surface area contributed by atoms with Gasteiger partial charge in [-0.05, 0) is 23.1 Å². The van der Waals surface area contributed by atoms with Gasteiger partial charge in [0.1, 0.15) is 11.6 Å². The van der Waals surface area contributed by atoms with E-state index in [4.69, 9.17) is 0 Å². The third-order valence-corrected chi connectivity index (χ3v) is 2.30. The maximum atomic E-state index is 13.3. The summed E-state index contributed by atoms with van der Waals surface area (Å²) in [6.07, 6.45) is 0. The molecule has 0 nitrogen and oxygen atoms in total. The van der Waals surface area contributed by atoms with Gasteiger partial charge in [-0.1, -0.05) is 36.4 Å². The molecule has 0 saturated heterocycles. The summed E-state index contributed by atoms with van der Waals surface area (Å²) in [5, 5.41) is 0. The molecule has 0 atom stereocenters. The van der Waals surface area contributed by atoms with E-state index in [-0.39, 0.29) is 11.6 Å². The molecule has 0 aliphatic carbocycles. The number of hydrogen-bond donors (Lipinski definition) is 0. The van der Waals surface area contributed by atoms with Crippen LogP contribution in [0.15, 0.2) is 48.5 Å². The van der Waals surface area contributed by atoms with E-state index in [1.807, 2.05) is 0 Å². The van der Waals surface area contributed by atoms with Crippen LogP contribution >= 0.6 is 0 Å². The summed E-state index contributed by atoms with van der Waals surface area (Å²) >= 11 is 0. The Kier molecular flexibility index (Phi) is 2.81. The van der Waals surface area contributed by atoms with Gasteiger partial charge in [0.25, 0.3) is 0 Å². The molecule has 0 spiro atoms. The Bertz CT molecular complexity index is 425. The number of rotatable bonds is 2. The maximum Gasteiger partial charge on any atom is 0.199 e. The zero-order chi connectivity index (χ0) is 10.7. The fourth-order valence-electron chi connectivity index (χ4n) is 1.49. The van der Waals surface area contributed by atoms with Gasteiger partial charge >= 0.3 is 0 Å². The smallest absolute Gasteiger partial charge is 0.199 e. The highest BCUT2D eigenvalue weighted by molar-refractivity contribution is 6.67. The molecule has 0 bridgehead atoms. The van der Waals surface area contributed by atoms with E-state index in [1.165, 1.54) is 12.1 Å². The molecule has 0 saturated carbocycles. The van der Waals surface area contributed by atoms with Crippen LogP contribution in [0.4, 0.5) is 8.78 Å². The first kappa shape index (κ1) is 9.90. The summed E-state index contributed by atoms with van der Waals surface area (Å²) in [5.41, 5.74) is 1.03. The molecule has 2 rings (SSSR count). The Morgan fingerprint density at radius 1 is 0.667 bits per heavy atom. The predicted octanol–water partition coefficient (Wildman–Crippen LogP) is 1.35. The van der Waals surface area contributed by atoms with E-state index in [2.05, 4.69) is 0 Å². The topological polar surface area (TPSA) is 0 Å². The molecule has 0 N–H and O–H groups in total. The summed E-state index contributed by atoms with van der Waals surface area (Å²) < 4.78 is 26.6. The third-order valence-electron chi connectivity index (χ3n) is 2.30. The second kappa shape index (κ2) is 4.26. The van der Waals surface area contributed by atoms with Crippen LogP contribution in [0.5, 0.6) is 0 Å². The standard InChI is InChI=1S/C12H9BF2/c14-11-7-3-1-5-9(11)13-10-6-2-4-8-12(10)15/h1-8,13H. The van der Waals surface area contributed by atoms with E-state index in [0.717, 1.165) is 0 Å². The van der Waals surface area contributed by atoms with Crippen LogP contribution in [0.2, 0.25) is 0 Å². The van der Waals surface area contributed by atoms with Crippen LogP contribution in [0.3, 0.4) is 0 Å². The highest BCUT2D eigenvalue weighted by Crippen LogP contribution is 1.95. The third kappa shape index (κ3) is 2.24. The summed E-state index contributed by atoms with van der Waals surface area (Å²) in [7, 11) is 0.291. The van der Waals surface area contributed by atoms with E-state index in [9.17, 15) is 8.78 Å². The molecular formula is C12H9BF2. The van der Waals surface area contributed by atoms with E-state index < -0.39 is 0 Å². The number of hydrogen-bond acceptors (Lipinski definition) is 0. The summed E-state index contributed by atoms with van der Waals surface area (Å²) in [4.78, 5) is 0. The summed E-state index contributed by atoms with van der Waals surface area (Å²) in [6.45, 7) is 0. The first-order valence-corrected chi connectivity index (χ1v) is 4.74. The van der Waals surface area contributed by atoms with Crippen molar-refractivity contribution >= 4 is 18.2 Å². The first-order chi connectivity index (χ1) is 7.27. The van der Waals surface area contributed by atoms with Crippen LogP contribution in [0.25, 0.3) is 0 Å². The van der Waals surface area contributed by atoms with Gasteiger partial charge < -0.3 is 0 Å². The molecule has 0 amide bonds. The van der Waals surface area contributed by atoms with Crippen molar-refractivity contribution in [2.75, 3.05) is 0 Å². The van der Waals surface area contributed by atoms with Gasteiger partial charge in [-0.25, -0.2) is 8.78 Å². The lowest BCUT2D eigenvalue weighted by molar-refractivity contribution is 0.633. The molecule has 2 aromatic rings. The fraction of sp³-hybridized carbons (Fsp3) is 0. The van der Waals surface area contributed by atoms with Crippen molar-refractivity contribution in [3.05, 3.63) is 60.2 Å². The largest absolute Gasteiger partial charge is 0.208 e. The quantitative estimate of drug-likeness (QED) is 0.645. The molecule has 3 heteroatoms. The molecule has 0 radical (unpaired) electrons. The first-order valence-electron chi connectivity index (χ1n) is 4.74. The van der Waals surface area contributed by atoms with Crippen LogP contribution in [0, 0.1) is 11.6 Å².